The van der Waals surface area contributed by atoms with Crippen LogP contribution in [0.1, 0.15) is 17.0 Å². The number of benzene rings is 7. The average Bonchev–Trinajstić information content (AvgIpc) is 3.58. The predicted octanol–water partition coefficient (Wildman–Crippen LogP) is 13.4. The Morgan fingerprint density at radius 1 is 0.380 bits per heavy atom. The van der Waals surface area contributed by atoms with Gasteiger partial charge in [-0.15, -0.1) is 11.8 Å². The zero-order chi connectivity index (χ0) is 33.3. The minimum atomic E-state index is 0.444. The number of rotatable bonds is 7. The summed E-state index contributed by atoms with van der Waals surface area (Å²) in [5, 5.41) is 0.444. The monoisotopic (exact) mass is 657 g/mol. The van der Waals surface area contributed by atoms with E-state index in [1.54, 1.807) is 0 Å². The van der Waals surface area contributed by atoms with E-state index in [9.17, 15) is 0 Å². The first-order chi connectivity index (χ1) is 24.8. The van der Waals surface area contributed by atoms with Gasteiger partial charge in [-0.05, 0) is 92.5 Å². The summed E-state index contributed by atoms with van der Waals surface area (Å²) in [6.45, 7) is 0. The van der Waals surface area contributed by atoms with E-state index in [0.29, 0.717) is 11.2 Å². The number of hydrogen-bond donors (Lipinski definition) is 0. The van der Waals surface area contributed by atoms with Crippen LogP contribution in [-0.2, 0) is 0 Å². The average molecular weight is 658 g/mol. The Hall–Kier alpha value is -5.83. The lowest BCUT2D eigenvalue weighted by molar-refractivity contribution is 0.883. The number of fused-ring (bicyclic) bond motifs is 3. The molecule has 0 saturated heterocycles. The predicted molar refractivity (Wildman–Crippen MR) is 213 cm³/mol. The van der Waals surface area contributed by atoms with Crippen molar-refractivity contribution in [3.63, 3.8) is 0 Å². The maximum absolute atomic E-state index is 2.45. The van der Waals surface area contributed by atoms with Crippen LogP contribution < -0.4 is 4.90 Å². The summed E-state index contributed by atoms with van der Waals surface area (Å²) in [5.74, 6) is 0.457. The van der Waals surface area contributed by atoms with Gasteiger partial charge in [0, 0.05) is 33.1 Å². The molecule has 0 spiro atoms. The highest BCUT2D eigenvalue weighted by Gasteiger charge is 2.32. The second-order valence-electron chi connectivity index (χ2n) is 12.9. The van der Waals surface area contributed by atoms with Crippen LogP contribution in [-0.4, -0.2) is 5.25 Å². The summed E-state index contributed by atoms with van der Waals surface area (Å²) >= 11 is 1.98. The summed E-state index contributed by atoms with van der Waals surface area (Å²) in [5.41, 5.74) is 14.7. The molecule has 2 aliphatic rings. The number of thioether (sulfide) groups is 1. The number of anilines is 3. The van der Waals surface area contributed by atoms with E-state index in [1.807, 2.05) is 11.8 Å². The Morgan fingerprint density at radius 2 is 0.780 bits per heavy atom. The molecule has 50 heavy (non-hydrogen) atoms. The van der Waals surface area contributed by atoms with E-state index < -0.39 is 0 Å². The normalized spacial score (nSPS) is 16.0. The van der Waals surface area contributed by atoms with Crippen molar-refractivity contribution in [2.75, 3.05) is 4.90 Å². The smallest absolute Gasteiger partial charge is 0.0462 e. The molecule has 9 rings (SSSR count). The molecule has 0 bridgehead atoms. The van der Waals surface area contributed by atoms with Gasteiger partial charge in [0.2, 0.25) is 0 Å². The zero-order valence-corrected chi connectivity index (χ0v) is 28.4. The molecule has 7 aromatic rings. The van der Waals surface area contributed by atoms with Crippen LogP contribution in [0.5, 0.6) is 0 Å². The van der Waals surface area contributed by atoms with Crippen molar-refractivity contribution in [3.8, 4) is 33.4 Å². The highest BCUT2D eigenvalue weighted by atomic mass is 32.2. The Balaban J connectivity index is 1.02. The summed E-state index contributed by atoms with van der Waals surface area (Å²) in [6.07, 6.45) is 7.16. The second-order valence-corrected chi connectivity index (χ2v) is 14.1. The lowest BCUT2D eigenvalue weighted by Crippen LogP contribution is -2.10. The fourth-order valence-corrected chi connectivity index (χ4v) is 8.60. The summed E-state index contributed by atoms with van der Waals surface area (Å²) in [4.78, 5) is 3.76. The molecule has 0 aromatic heterocycles. The number of nitrogens with zero attached hydrogens (tertiary/aromatic N) is 1. The van der Waals surface area contributed by atoms with Gasteiger partial charge in [0.1, 0.15) is 0 Å². The highest BCUT2D eigenvalue weighted by Crippen LogP contribution is 2.49. The van der Waals surface area contributed by atoms with E-state index in [-0.39, 0.29) is 0 Å². The molecule has 2 heteroatoms. The van der Waals surface area contributed by atoms with Crippen molar-refractivity contribution in [1.29, 1.82) is 0 Å². The van der Waals surface area contributed by atoms with Crippen LogP contribution >= 0.6 is 11.8 Å². The van der Waals surface area contributed by atoms with Crippen LogP contribution in [0.4, 0.5) is 17.1 Å². The van der Waals surface area contributed by atoms with Gasteiger partial charge in [0.05, 0.1) is 0 Å². The van der Waals surface area contributed by atoms with Gasteiger partial charge in [0.15, 0.2) is 0 Å². The van der Waals surface area contributed by atoms with Gasteiger partial charge in [-0.2, -0.15) is 0 Å². The molecule has 238 valence electrons. The molecule has 1 aliphatic carbocycles. The fraction of sp³-hybridized carbons (Fsp3) is 0.0417. The molecular weight excluding hydrogens is 623 g/mol. The van der Waals surface area contributed by atoms with E-state index in [1.165, 1.54) is 55.0 Å². The summed E-state index contributed by atoms with van der Waals surface area (Å²) in [6, 6.07) is 65.7. The Bertz CT molecular complexity index is 2300. The van der Waals surface area contributed by atoms with Gasteiger partial charge >= 0.3 is 0 Å². The van der Waals surface area contributed by atoms with E-state index in [4.69, 9.17) is 0 Å². The third kappa shape index (κ3) is 5.89. The van der Waals surface area contributed by atoms with Crippen LogP contribution in [0.3, 0.4) is 0 Å². The first-order valence-electron chi connectivity index (χ1n) is 17.2. The zero-order valence-electron chi connectivity index (χ0n) is 27.6. The lowest BCUT2D eigenvalue weighted by atomic mass is 9.88. The molecule has 0 radical (unpaired) electrons. The minimum absolute atomic E-state index is 0.444. The maximum Gasteiger partial charge on any atom is 0.0462 e. The van der Waals surface area contributed by atoms with Crippen LogP contribution in [0.25, 0.3) is 39.0 Å². The quantitative estimate of drug-likeness (QED) is 0.168. The molecule has 1 heterocycles. The van der Waals surface area contributed by atoms with Gasteiger partial charge in [-0.25, -0.2) is 0 Å². The maximum atomic E-state index is 2.45. The summed E-state index contributed by atoms with van der Waals surface area (Å²) in [7, 11) is 0. The number of allylic oxidation sites excluding steroid dienone is 3. The van der Waals surface area contributed by atoms with Crippen molar-refractivity contribution >= 4 is 34.4 Å². The first kappa shape index (κ1) is 30.2. The molecule has 1 aliphatic heterocycles. The molecule has 0 saturated carbocycles. The van der Waals surface area contributed by atoms with Crippen molar-refractivity contribution in [3.05, 3.63) is 211 Å². The lowest BCUT2D eigenvalue weighted by Gasteiger charge is -2.26. The van der Waals surface area contributed by atoms with Crippen molar-refractivity contribution < 1.29 is 0 Å². The van der Waals surface area contributed by atoms with Crippen LogP contribution in [0.15, 0.2) is 205 Å². The van der Waals surface area contributed by atoms with Crippen LogP contribution in [0.2, 0.25) is 0 Å². The van der Waals surface area contributed by atoms with Crippen molar-refractivity contribution in [2.24, 2.45) is 0 Å². The molecule has 0 fully saturated rings. The summed E-state index contributed by atoms with van der Waals surface area (Å²) < 4.78 is 0. The molecule has 7 aromatic carbocycles. The molecule has 1 nitrogen and oxygen atoms in total. The highest BCUT2D eigenvalue weighted by molar-refractivity contribution is 8.00. The molecule has 0 amide bonds. The van der Waals surface area contributed by atoms with E-state index in [0.717, 1.165) is 17.1 Å². The Morgan fingerprint density at radius 3 is 1.28 bits per heavy atom. The molecule has 2 unspecified atom stereocenters. The molecule has 2 atom stereocenters. The standard InChI is InChI=1S/C48H35NS/c1-3-9-34(10-4-1)36-15-17-37(18-16-36)39-21-28-43(29-22-39)49(42-26-19-38(20-27-42)35-11-5-2-6-12-35)44-30-23-40(24-31-44)41-25-32-46-45-13-7-8-14-47(45)50-48(46)33-41/h1-33,46,48H. The number of hydrogen-bond acceptors (Lipinski definition) is 2. The molecular formula is C48H35NS. The van der Waals surface area contributed by atoms with Gasteiger partial charge < -0.3 is 4.90 Å². The van der Waals surface area contributed by atoms with Gasteiger partial charge in [-0.3, -0.25) is 0 Å². The fourth-order valence-electron chi connectivity index (χ4n) is 7.22. The minimum Gasteiger partial charge on any atom is -0.311 e. The largest absolute Gasteiger partial charge is 0.311 e. The Labute approximate surface area is 298 Å². The van der Waals surface area contributed by atoms with E-state index >= 15 is 0 Å². The van der Waals surface area contributed by atoms with Gasteiger partial charge in [0.25, 0.3) is 0 Å². The Kier molecular flexibility index (Phi) is 8.00. The first-order valence-corrected chi connectivity index (χ1v) is 18.1. The van der Waals surface area contributed by atoms with Crippen LogP contribution in [0, 0.1) is 0 Å². The third-order valence-corrected chi connectivity index (χ3v) is 11.2. The molecule has 0 N–H and O–H groups in total. The SMILES string of the molecule is C1=CC2c3ccccc3SC2C=C1c1ccc(N(c2ccc(-c3ccccc3)cc2)c2ccc(-c3ccc(-c4ccccc4)cc3)cc2)cc1. The van der Waals surface area contributed by atoms with Crippen molar-refractivity contribution in [1.82, 2.24) is 0 Å². The third-order valence-electron chi connectivity index (χ3n) is 9.86. The van der Waals surface area contributed by atoms with Crippen molar-refractivity contribution in [2.45, 2.75) is 16.1 Å². The topological polar surface area (TPSA) is 3.24 Å². The van der Waals surface area contributed by atoms with E-state index in [2.05, 4.69) is 205 Å². The van der Waals surface area contributed by atoms with Gasteiger partial charge in [-0.1, -0.05) is 158 Å². The second kappa shape index (κ2) is 13.2.